The normalized spacial score (nSPS) is 10.9. The Morgan fingerprint density at radius 3 is 2.67 bits per heavy atom. The van der Waals surface area contributed by atoms with Crippen LogP contribution in [0.25, 0.3) is 11.3 Å². The first kappa shape index (κ1) is 15.5. The van der Waals surface area contributed by atoms with Crippen LogP contribution in [0.3, 0.4) is 0 Å². The molecule has 5 nitrogen and oxygen atoms in total. The molecule has 1 N–H and O–H groups in total. The van der Waals surface area contributed by atoms with E-state index in [1.54, 1.807) is 18.2 Å². The summed E-state index contributed by atoms with van der Waals surface area (Å²) in [6.45, 7) is 0. The predicted molar refractivity (Wildman–Crippen MR) is 83.4 cm³/mol. The number of amides is 1. The quantitative estimate of drug-likeness (QED) is 0.590. The van der Waals surface area contributed by atoms with Crippen LogP contribution in [0.4, 0.5) is 8.78 Å². The molecule has 0 saturated carbocycles. The number of halogens is 2. The van der Waals surface area contributed by atoms with Crippen LogP contribution in [0.15, 0.2) is 64.4 Å². The highest BCUT2D eigenvalue weighted by Gasteiger charge is 2.10. The third-order valence-electron chi connectivity index (χ3n) is 3.12. The van der Waals surface area contributed by atoms with E-state index in [0.29, 0.717) is 11.3 Å². The van der Waals surface area contributed by atoms with E-state index >= 15 is 0 Å². The van der Waals surface area contributed by atoms with E-state index < -0.39 is 17.5 Å². The first-order valence-electron chi connectivity index (χ1n) is 6.92. The average molecular weight is 327 g/mol. The van der Waals surface area contributed by atoms with Crippen LogP contribution in [0, 0.1) is 11.6 Å². The Hall–Kier alpha value is -3.35. The summed E-state index contributed by atoms with van der Waals surface area (Å²) in [5.74, 6) is -1.24. The van der Waals surface area contributed by atoms with Gasteiger partial charge in [0.25, 0.3) is 5.91 Å². The van der Waals surface area contributed by atoms with E-state index in [4.69, 9.17) is 4.42 Å². The summed E-state index contributed by atoms with van der Waals surface area (Å²) in [6.07, 6.45) is 4.27. The molecule has 24 heavy (non-hydrogen) atoms. The number of nitrogens with zero attached hydrogens (tertiary/aromatic N) is 2. The van der Waals surface area contributed by atoms with E-state index in [-0.39, 0.29) is 11.3 Å². The van der Waals surface area contributed by atoms with E-state index in [1.165, 1.54) is 30.7 Å². The Morgan fingerprint density at radius 1 is 1.12 bits per heavy atom. The molecule has 0 radical (unpaired) electrons. The third-order valence-corrected chi connectivity index (χ3v) is 3.12. The zero-order valence-electron chi connectivity index (χ0n) is 12.2. The number of hydrogen-bond donors (Lipinski definition) is 1. The van der Waals surface area contributed by atoms with Crippen molar-refractivity contribution in [1.29, 1.82) is 0 Å². The van der Waals surface area contributed by atoms with Gasteiger partial charge in [0, 0.05) is 24.0 Å². The number of nitrogens with one attached hydrogen (secondary N) is 1. The monoisotopic (exact) mass is 327 g/mol. The number of hydrogen-bond acceptors (Lipinski definition) is 4. The van der Waals surface area contributed by atoms with Crippen molar-refractivity contribution in [2.75, 3.05) is 0 Å². The van der Waals surface area contributed by atoms with E-state index in [0.717, 1.165) is 12.1 Å². The van der Waals surface area contributed by atoms with Crippen molar-refractivity contribution in [2.45, 2.75) is 0 Å². The number of carbonyl (C=O) groups is 1. The van der Waals surface area contributed by atoms with Crippen molar-refractivity contribution < 1.29 is 18.0 Å². The maximum absolute atomic E-state index is 13.7. The van der Waals surface area contributed by atoms with Gasteiger partial charge in [0.15, 0.2) is 0 Å². The van der Waals surface area contributed by atoms with Gasteiger partial charge in [0.1, 0.15) is 23.2 Å². The van der Waals surface area contributed by atoms with Crippen LogP contribution in [-0.4, -0.2) is 17.1 Å². The topological polar surface area (TPSA) is 67.5 Å². The number of carbonyl (C=O) groups excluding carboxylic acids is 1. The molecule has 1 amide bonds. The van der Waals surface area contributed by atoms with Crippen molar-refractivity contribution in [2.24, 2.45) is 5.10 Å². The van der Waals surface area contributed by atoms with E-state index in [9.17, 15) is 13.6 Å². The zero-order chi connectivity index (χ0) is 16.9. The summed E-state index contributed by atoms with van der Waals surface area (Å²) in [4.78, 5) is 15.6. The van der Waals surface area contributed by atoms with Crippen molar-refractivity contribution >= 4 is 12.1 Å². The number of aromatic nitrogens is 1. The lowest BCUT2D eigenvalue weighted by Crippen LogP contribution is -2.17. The Bertz CT molecular complexity index is 892. The number of furan rings is 1. The molecule has 0 aliphatic rings. The third kappa shape index (κ3) is 3.52. The second-order valence-electron chi connectivity index (χ2n) is 4.76. The standard InChI is InChI=1S/C17H11F2N3O2/c18-12-1-3-14(15(19)9-12)16-4-2-13(24-16)10-21-22-17(23)11-5-7-20-8-6-11/h1-10H,(H,22,23)/b21-10-. The van der Waals surface area contributed by atoms with E-state index in [1.807, 2.05) is 0 Å². The minimum atomic E-state index is -0.723. The molecule has 0 aliphatic heterocycles. The predicted octanol–water partition coefficient (Wildman–Crippen LogP) is 3.38. The highest BCUT2D eigenvalue weighted by molar-refractivity contribution is 5.94. The molecule has 3 rings (SSSR count). The van der Waals surface area contributed by atoms with Gasteiger partial charge in [-0.05, 0) is 36.4 Å². The lowest BCUT2D eigenvalue weighted by atomic mass is 10.1. The first-order valence-corrected chi connectivity index (χ1v) is 6.92. The van der Waals surface area contributed by atoms with Gasteiger partial charge >= 0.3 is 0 Å². The molecule has 1 aromatic carbocycles. The molecule has 2 aromatic heterocycles. The highest BCUT2D eigenvalue weighted by atomic mass is 19.1. The van der Waals surface area contributed by atoms with Gasteiger partial charge in [0.2, 0.25) is 0 Å². The van der Waals surface area contributed by atoms with Gasteiger partial charge in [0.05, 0.1) is 11.8 Å². The van der Waals surface area contributed by atoms with Gasteiger partial charge in [-0.2, -0.15) is 5.10 Å². The molecule has 0 aliphatic carbocycles. The minimum Gasteiger partial charge on any atom is -0.455 e. The summed E-state index contributed by atoms with van der Waals surface area (Å²) in [6, 6.07) is 9.39. The van der Waals surface area contributed by atoms with Crippen LogP contribution in [0.5, 0.6) is 0 Å². The maximum Gasteiger partial charge on any atom is 0.271 e. The summed E-state index contributed by atoms with van der Waals surface area (Å²) in [5.41, 5.74) is 2.88. The molecule has 2 heterocycles. The van der Waals surface area contributed by atoms with Crippen LogP contribution in [0.1, 0.15) is 16.1 Å². The summed E-state index contributed by atoms with van der Waals surface area (Å²) in [7, 11) is 0. The Morgan fingerprint density at radius 2 is 1.92 bits per heavy atom. The number of rotatable bonds is 4. The summed E-state index contributed by atoms with van der Waals surface area (Å²) >= 11 is 0. The van der Waals surface area contributed by atoms with Crippen molar-refractivity contribution in [3.63, 3.8) is 0 Å². The van der Waals surface area contributed by atoms with Gasteiger partial charge in [-0.3, -0.25) is 9.78 Å². The second kappa shape index (κ2) is 6.82. The summed E-state index contributed by atoms with van der Waals surface area (Å²) in [5, 5.41) is 3.77. The van der Waals surface area contributed by atoms with Crippen LogP contribution >= 0.6 is 0 Å². The van der Waals surface area contributed by atoms with Crippen molar-refractivity contribution in [1.82, 2.24) is 10.4 Å². The molecular weight excluding hydrogens is 316 g/mol. The summed E-state index contributed by atoms with van der Waals surface area (Å²) < 4.78 is 32.0. The van der Waals surface area contributed by atoms with Crippen molar-refractivity contribution in [3.05, 3.63) is 77.8 Å². The van der Waals surface area contributed by atoms with Gasteiger partial charge < -0.3 is 4.42 Å². The smallest absolute Gasteiger partial charge is 0.271 e. The molecule has 3 aromatic rings. The molecule has 0 bridgehead atoms. The second-order valence-corrected chi connectivity index (χ2v) is 4.76. The largest absolute Gasteiger partial charge is 0.455 e. The fraction of sp³-hybridized carbons (Fsp3) is 0. The first-order chi connectivity index (χ1) is 11.6. The number of pyridine rings is 1. The van der Waals surface area contributed by atoms with Crippen LogP contribution < -0.4 is 5.43 Å². The highest BCUT2D eigenvalue weighted by Crippen LogP contribution is 2.25. The van der Waals surface area contributed by atoms with E-state index in [2.05, 4.69) is 15.5 Å². The fourth-order valence-electron chi connectivity index (χ4n) is 1.98. The molecule has 0 atom stereocenters. The molecule has 0 unspecified atom stereocenters. The number of hydrazone groups is 1. The Labute approximate surface area is 135 Å². The Kier molecular flexibility index (Phi) is 4.42. The van der Waals surface area contributed by atoms with Crippen LogP contribution in [-0.2, 0) is 0 Å². The zero-order valence-corrected chi connectivity index (χ0v) is 12.2. The molecule has 120 valence electrons. The van der Waals surface area contributed by atoms with Crippen molar-refractivity contribution in [3.8, 4) is 11.3 Å². The molecule has 0 fully saturated rings. The fourth-order valence-corrected chi connectivity index (χ4v) is 1.98. The Balaban J connectivity index is 1.69. The van der Waals surface area contributed by atoms with Gasteiger partial charge in [-0.1, -0.05) is 0 Å². The average Bonchev–Trinajstić information content (AvgIpc) is 3.04. The lowest BCUT2D eigenvalue weighted by Gasteiger charge is -1.99. The van der Waals surface area contributed by atoms with Gasteiger partial charge in [-0.15, -0.1) is 0 Å². The lowest BCUT2D eigenvalue weighted by molar-refractivity contribution is 0.0955. The van der Waals surface area contributed by atoms with Gasteiger partial charge in [-0.25, -0.2) is 14.2 Å². The molecule has 0 saturated heterocycles. The molecular formula is C17H11F2N3O2. The molecule has 7 heteroatoms. The van der Waals surface area contributed by atoms with Crippen LogP contribution in [0.2, 0.25) is 0 Å². The maximum atomic E-state index is 13.7. The SMILES string of the molecule is O=C(N/N=C\c1ccc(-c2ccc(F)cc2F)o1)c1ccncc1. The molecule has 0 spiro atoms. The number of benzene rings is 1. The minimum absolute atomic E-state index is 0.136.